The van der Waals surface area contributed by atoms with E-state index in [-0.39, 0.29) is 11.8 Å². The summed E-state index contributed by atoms with van der Waals surface area (Å²) >= 11 is 0.143. The van der Waals surface area contributed by atoms with Crippen molar-refractivity contribution in [1.29, 1.82) is 0 Å². The third kappa shape index (κ3) is 2.41. The first-order chi connectivity index (χ1) is 7.71. The van der Waals surface area contributed by atoms with E-state index in [2.05, 4.69) is 6.58 Å². The zero-order valence-electron chi connectivity index (χ0n) is 7.84. The van der Waals surface area contributed by atoms with Crippen LogP contribution in [0.25, 0.3) is 0 Å². The molecule has 0 N–H and O–H groups in total. The highest BCUT2D eigenvalue weighted by molar-refractivity contribution is 8.02. The number of hydrogen-bond acceptors (Lipinski definition) is 1. The molecule has 0 aromatic heterocycles. The van der Waals surface area contributed by atoms with Gasteiger partial charge in [-0.3, -0.25) is 0 Å². The number of rotatable bonds is 2. The van der Waals surface area contributed by atoms with Crippen LogP contribution in [-0.2, 0) is 6.18 Å². The topological polar surface area (TPSA) is 0 Å². The van der Waals surface area contributed by atoms with Crippen LogP contribution in [0.2, 0.25) is 0 Å². The van der Waals surface area contributed by atoms with E-state index >= 15 is 0 Å². The van der Waals surface area contributed by atoms with Gasteiger partial charge in [-0.25, -0.2) is 17.6 Å². The fraction of sp³-hybridized carbons (Fsp3) is 0.111. The number of halogens is 7. The standard InChI is InChI=1S/C9H3F7S/c1-2-17-8-6(12)4(10)3(9(14,15)16)5(11)7(8)13/h2H,1H2. The van der Waals surface area contributed by atoms with Crippen molar-refractivity contribution in [3.05, 3.63) is 40.8 Å². The Balaban J connectivity index is 3.64. The number of thioether (sulfide) groups is 1. The Hall–Kier alpha value is -1.18. The molecule has 8 heteroatoms. The zero-order chi connectivity index (χ0) is 13.4. The molecule has 0 bridgehead atoms. The molecule has 17 heavy (non-hydrogen) atoms. The Morgan fingerprint density at radius 2 is 1.29 bits per heavy atom. The lowest BCUT2D eigenvalue weighted by Crippen LogP contribution is -2.15. The van der Waals surface area contributed by atoms with Crippen LogP contribution in [0, 0.1) is 23.3 Å². The Labute approximate surface area is 95.1 Å². The molecule has 0 aliphatic heterocycles. The fourth-order valence-electron chi connectivity index (χ4n) is 1.05. The van der Waals surface area contributed by atoms with Crippen molar-refractivity contribution < 1.29 is 30.7 Å². The van der Waals surface area contributed by atoms with Gasteiger partial charge in [0.15, 0.2) is 23.3 Å². The number of hydrogen-bond donors (Lipinski definition) is 0. The van der Waals surface area contributed by atoms with E-state index in [0.717, 1.165) is 5.41 Å². The predicted molar refractivity (Wildman–Crippen MR) is 47.3 cm³/mol. The summed E-state index contributed by atoms with van der Waals surface area (Å²) in [6.07, 6.45) is -5.52. The Morgan fingerprint density at radius 3 is 1.59 bits per heavy atom. The van der Waals surface area contributed by atoms with Crippen LogP contribution < -0.4 is 0 Å². The van der Waals surface area contributed by atoms with Crippen LogP contribution in [0.1, 0.15) is 5.56 Å². The third-order valence-electron chi connectivity index (χ3n) is 1.71. The van der Waals surface area contributed by atoms with Gasteiger partial charge in [0.25, 0.3) is 0 Å². The molecule has 0 unspecified atom stereocenters. The van der Waals surface area contributed by atoms with Crippen molar-refractivity contribution in [1.82, 2.24) is 0 Å². The lowest BCUT2D eigenvalue weighted by molar-refractivity contribution is -0.143. The van der Waals surface area contributed by atoms with E-state index in [1.807, 2.05) is 0 Å². The number of alkyl halides is 3. The van der Waals surface area contributed by atoms with E-state index in [1.165, 1.54) is 0 Å². The molecule has 1 rings (SSSR count). The Morgan fingerprint density at radius 1 is 0.882 bits per heavy atom. The predicted octanol–water partition coefficient (Wildman–Crippen LogP) is 4.50. The van der Waals surface area contributed by atoms with E-state index in [4.69, 9.17) is 0 Å². The summed E-state index contributed by atoms with van der Waals surface area (Å²) in [5, 5.41) is 0.827. The first-order valence-corrected chi connectivity index (χ1v) is 4.80. The van der Waals surface area contributed by atoms with Gasteiger partial charge in [-0.2, -0.15) is 13.2 Å². The second-order valence-corrected chi connectivity index (χ2v) is 3.72. The molecular weight excluding hydrogens is 273 g/mol. The summed E-state index contributed by atoms with van der Waals surface area (Å²) in [4.78, 5) is -1.21. The quantitative estimate of drug-likeness (QED) is 0.435. The minimum absolute atomic E-state index is 0.143. The average molecular weight is 276 g/mol. The maximum atomic E-state index is 13.1. The molecule has 0 fully saturated rings. The first-order valence-electron chi connectivity index (χ1n) is 3.92. The van der Waals surface area contributed by atoms with Crippen molar-refractivity contribution in [2.45, 2.75) is 11.1 Å². The van der Waals surface area contributed by atoms with Crippen molar-refractivity contribution in [2.24, 2.45) is 0 Å². The van der Waals surface area contributed by atoms with Crippen molar-refractivity contribution in [3.63, 3.8) is 0 Å². The summed E-state index contributed by atoms with van der Waals surface area (Å²) in [6, 6.07) is 0. The smallest absolute Gasteiger partial charge is 0.203 e. The Bertz CT molecular complexity index is 434. The van der Waals surface area contributed by atoms with Crippen molar-refractivity contribution >= 4 is 11.8 Å². The summed E-state index contributed by atoms with van der Waals surface area (Å²) in [7, 11) is 0. The summed E-state index contributed by atoms with van der Waals surface area (Å²) in [5.74, 6) is -9.14. The van der Waals surface area contributed by atoms with Crippen LogP contribution in [0.3, 0.4) is 0 Å². The molecule has 0 nitrogen and oxygen atoms in total. The summed E-state index contributed by atoms with van der Waals surface area (Å²) < 4.78 is 88.5. The molecular formula is C9H3F7S. The molecule has 0 saturated carbocycles. The van der Waals surface area contributed by atoms with Gasteiger partial charge in [0.05, 0.1) is 4.90 Å². The fourth-order valence-corrected chi connectivity index (χ4v) is 1.60. The third-order valence-corrected chi connectivity index (χ3v) is 2.47. The van der Waals surface area contributed by atoms with Crippen molar-refractivity contribution in [2.75, 3.05) is 0 Å². The van der Waals surface area contributed by atoms with Gasteiger partial charge in [-0.1, -0.05) is 18.3 Å². The van der Waals surface area contributed by atoms with Gasteiger partial charge >= 0.3 is 6.18 Å². The molecule has 0 saturated heterocycles. The SMILES string of the molecule is C=CSc1c(F)c(F)c(C(F)(F)F)c(F)c1F. The maximum absolute atomic E-state index is 13.1. The summed E-state index contributed by atoms with van der Waals surface area (Å²) in [6.45, 7) is 3.03. The highest BCUT2D eigenvalue weighted by Gasteiger charge is 2.42. The molecule has 0 radical (unpaired) electrons. The van der Waals surface area contributed by atoms with Crippen molar-refractivity contribution in [3.8, 4) is 0 Å². The Kier molecular flexibility index (Phi) is 3.75. The average Bonchev–Trinajstić information content (AvgIpc) is 2.20. The molecule has 0 heterocycles. The molecule has 1 aromatic carbocycles. The van der Waals surface area contributed by atoms with Crippen LogP contribution in [0.4, 0.5) is 30.7 Å². The summed E-state index contributed by atoms with van der Waals surface area (Å²) in [5.41, 5.74) is -2.58. The molecule has 0 spiro atoms. The monoisotopic (exact) mass is 276 g/mol. The molecule has 0 aliphatic rings. The van der Waals surface area contributed by atoms with Gasteiger partial charge in [0.2, 0.25) is 0 Å². The van der Waals surface area contributed by atoms with E-state index < -0.39 is 39.9 Å². The largest absolute Gasteiger partial charge is 0.422 e. The van der Waals surface area contributed by atoms with E-state index in [1.54, 1.807) is 0 Å². The first kappa shape index (κ1) is 13.9. The molecule has 1 aromatic rings. The number of benzene rings is 1. The molecule has 94 valence electrons. The van der Waals surface area contributed by atoms with Crippen LogP contribution in [-0.4, -0.2) is 0 Å². The normalized spacial score (nSPS) is 11.7. The molecule has 0 atom stereocenters. The molecule has 0 amide bonds. The lowest BCUT2D eigenvalue weighted by Gasteiger charge is -2.12. The van der Waals surface area contributed by atoms with Gasteiger partial charge < -0.3 is 0 Å². The second kappa shape index (κ2) is 4.59. The van der Waals surface area contributed by atoms with Crippen LogP contribution >= 0.6 is 11.8 Å². The van der Waals surface area contributed by atoms with E-state index in [9.17, 15) is 30.7 Å². The van der Waals surface area contributed by atoms with Crippen LogP contribution in [0.5, 0.6) is 0 Å². The minimum atomic E-state index is -5.52. The minimum Gasteiger partial charge on any atom is -0.203 e. The highest BCUT2D eigenvalue weighted by Crippen LogP contribution is 2.39. The van der Waals surface area contributed by atoms with Crippen LogP contribution in [0.15, 0.2) is 16.9 Å². The zero-order valence-corrected chi connectivity index (χ0v) is 8.65. The van der Waals surface area contributed by atoms with Gasteiger partial charge in [-0.15, -0.1) is 0 Å². The lowest BCUT2D eigenvalue weighted by atomic mass is 10.1. The maximum Gasteiger partial charge on any atom is 0.422 e. The van der Waals surface area contributed by atoms with Gasteiger partial charge in [-0.05, 0) is 5.41 Å². The van der Waals surface area contributed by atoms with Gasteiger partial charge in [0.1, 0.15) is 5.56 Å². The van der Waals surface area contributed by atoms with E-state index in [0.29, 0.717) is 0 Å². The second-order valence-electron chi connectivity index (χ2n) is 2.74. The van der Waals surface area contributed by atoms with Gasteiger partial charge in [0, 0.05) is 0 Å². The molecule has 0 aliphatic carbocycles. The highest BCUT2D eigenvalue weighted by atomic mass is 32.2.